The van der Waals surface area contributed by atoms with Crippen molar-refractivity contribution >= 4 is 10.9 Å². The molecule has 0 amide bonds. The van der Waals surface area contributed by atoms with Crippen LogP contribution in [0.3, 0.4) is 0 Å². The predicted molar refractivity (Wildman–Crippen MR) is 68.4 cm³/mol. The Kier molecular flexibility index (Phi) is 4.69. The number of aliphatic hydroxyl groups excluding tert-OH is 1. The Morgan fingerprint density at radius 2 is 2.17 bits per heavy atom. The minimum Gasteiger partial charge on any atom is -0.389 e. The van der Waals surface area contributed by atoms with Crippen molar-refractivity contribution in [3.8, 4) is 0 Å². The van der Waals surface area contributed by atoms with E-state index in [1.807, 2.05) is 24.3 Å². The van der Waals surface area contributed by atoms with Gasteiger partial charge >= 0.3 is 0 Å². The normalized spacial score (nSPS) is 13.0. The van der Waals surface area contributed by atoms with Gasteiger partial charge in [0.1, 0.15) is 0 Å². The molecular formula is C13H18N2O3. The summed E-state index contributed by atoms with van der Waals surface area (Å²) in [4.78, 5) is 0. The first-order valence-electron chi connectivity index (χ1n) is 5.96. The maximum atomic E-state index is 9.85. The van der Waals surface area contributed by atoms with E-state index in [0.717, 1.165) is 10.9 Å². The van der Waals surface area contributed by atoms with E-state index in [4.69, 9.17) is 9.47 Å². The third kappa shape index (κ3) is 3.29. The van der Waals surface area contributed by atoms with Crippen LogP contribution in [0.2, 0.25) is 0 Å². The van der Waals surface area contributed by atoms with Crippen LogP contribution in [0.1, 0.15) is 0 Å². The van der Waals surface area contributed by atoms with E-state index >= 15 is 0 Å². The van der Waals surface area contributed by atoms with E-state index < -0.39 is 6.10 Å². The SMILES string of the molecule is COCCOCC(O)Cn1ncc2ccccc21. The molecule has 1 N–H and O–H groups in total. The fourth-order valence-corrected chi connectivity index (χ4v) is 1.79. The smallest absolute Gasteiger partial charge is 0.0969 e. The summed E-state index contributed by atoms with van der Waals surface area (Å²) < 4.78 is 11.9. The number of aromatic nitrogens is 2. The highest BCUT2D eigenvalue weighted by molar-refractivity contribution is 5.78. The van der Waals surface area contributed by atoms with Gasteiger partial charge in [0.15, 0.2) is 0 Å². The first-order chi connectivity index (χ1) is 8.81. The summed E-state index contributed by atoms with van der Waals surface area (Å²) in [6.07, 6.45) is 1.23. The topological polar surface area (TPSA) is 56.5 Å². The maximum absolute atomic E-state index is 9.85. The molecule has 1 aromatic heterocycles. The third-order valence-corrected chi connectivity index (χ3v) is 2.68. The van der Waals surface area contributed by atoms with Crippen LogP contribution < -0.4 is 0 Å². The number of ether oxygens (including phenoxy) is 2. The standard InChI is InChI=1S/C13H18N2O3/c1-17-6-7-18-10-12(16)9-15-13-5-3-2-4-11(13)8-14-15/h2-5,8,12,16H,6-7,9-10H2,1H3. The summed E-state index contributed by atoms with van der Waals surface area (Å²) in [6, 6.07) is 7.92. The number of nitrogens with zero attached hydrogens (tertiary/aromatic N) is 2. The van der Waals surface area contributed by atoms with E-state index in [9.17, 15) is 5.11 Å². The summed E-state index contributed by atoms with van der Waals surface area (Å²) >= 11 is 0. The Hall–Kier alpha value is -1.43. The zero-order valence-electron chi connectivity index (χ0n) is 10.5. The van der Waals surface area contributed by atoms with Crippen LogP contribution in [0.15, 0.2) is 30.5 Å². The van der Waals surface area contributed by atoms with E-state index in [-0.39, 0.29) is 6.61 Å². The number of benzene rings is 1. The molecule has 1 unspecified atom stereocenters. The minimum absolute atomic E-state index is 0.289. The average molecular weight is 250 g/mol. The molecule has 0 aliphatic carbocycles. The Bertz CT molecular complexity index is 484. The van der Waals surface area contributed by atoms with Crippen molar-refractivity contribution in [2.24, 2.45) is 0 Å². The van der Waals surface area contributed by atoms with Gasteiger partial charge in [-0.2, -0.15) is 5.10 Å². The van der Waals surface area contributed by atoms with E-state index in [1.54, 1.807) is 18.0 Å². The van der Waals surface area contributed by atoms with Crippen molar-refractivity contribution in [3.63, 3.8) is 0 Å². The lowest BCUT2D eigenvalue weighted by Crippen LogP contribution is -2.23. The molecule has 2 rings (SSSR count). The first kappa shape index (κ1) is 13.0. The lowest BCUT2D eigenvalue weighted by Gasteiger charge is -2.12. The molecular weight excluding hydrogens is 232 g/mol. The number of fused-ring (bicyclic) bond motifs is 1. The van der Waals surface area contributed by atoms with Gasteiger partial charge < -0.3 is 14.6 Å². The molecule has 2 aromatic rings. The number of aliphatic hydroxyl groups is 1. The van der Waals surface area contributed by atoms with Crippen molar-refractivity contribution in [1.29, 1.82) is 0 Å². The molecule has 0 bridgehead atoms. The van der Waals surface area contributed by atoms with E-state index in [0.29, 0.717) is 19.8 Å². The predicted octanol–water partition coefficient (Wildman–Crippen LogP) is 1.06. The molecule has 1 atom stereocenters. The van der Waals surface area contributed by atoms with Crippen LogP contribution in [-0.2, 0) is 16.0 Å². The van der Waals surface area contributed by atoms with Crippen LogP contribution in [0.4, 0.5) is 0 Å². The molecule has 98 valence electrons. The van der Waals surface area contributed by atoms with Crippen LogP contribution in [0.5, 0.6) is 0 Å². The molecule has 5 nitrogen and oxygen atoms in total. The second-order valence-electron chi connectivity index (χ2n) is 4.11. The summed E-state index contributed by atoms with van der Waals surface area (Å²) in [7, 11) is 1.62. The highest BCUT2D eigenvalue weighted by Crippen LogP contribution is 2.12. The quantitative estimate of drug-likeness (QED) is 0.747. The molecule has 0 aliphatic rings. The van der Waals surface area contributed by atoms with Crippen molar-refractivity contribution in [2.75, 3.05) is 26.9 Å². The van der Waals surface area contributed by atoms with Crippen molar-refractivity contribution < 1.29 is 14.6 Å². The van der Waals surface area contributed by atoms with Crippen molar-refractivity contribution in [1.82, 2.24) is 9.78 Å². The van der Waals surface area contributed by atoms with Crippen LogP contribution >= 0.6 is 0 Å². The van der Waals surface area contributed by atoms with Gasteiger partial charge in [0.25, 0.3) is 0 Å². The maximum Gasteiger partial charge on any atom is 0.0969 e. The van der Waals surface area contributed by atoms with Gasteiger partial charge in [0, 0.05) is 12.5 Å². The second kappa shape index (κ2) is 6.49. The molecule has 1 aromatic carbocycles. The Labute approximate surface area is 106 Å². The molecule has 0 fully saturated rings. The molecule has 1 heterocycles. The first-order valence-corrected chi connectivity index (χ1v) is 5.96. The highest BCUT2D eigenvalue weighted by Gasteiger charge is 2.08. The Balaban J connectivity index is 1.88. The summed E-state index contributed by atoms with van der Waals surface area (Å²) in [5.74, 6) is 0. The van der Waals surface area contributed by atoms with Crippen LogP contribution in [-0.4, -0.2) is 47.9 Å². The van der Waals surface area contributed by atoms with Gasteiger partial charge in [-0.1, -0.05) is 18.2 Å². The molecule has 0 aliphatic heterocycles. The van der Waals surface area contributed by atoms with Gasteiger partial charge in [-0.05, 0) is 6.07 Å². The summed E-state index contributed by atoms with van der Waals surface area (Å²) in [5, 5.41) is 15.2. The molecule has 0 spiro atoms. The number of rotatable bonds is 7. The second-order valence-corrected chi connectivity index (χ2v) is 4.11. The van der Waals surface area contributed by atoms with Crippen molar-refractivity contribution in [3.05, 3.63) is 30.5 Å². The Morgan fingerprint density at radius 1 is 1.33 bits per heavy atom. The lowest BCUT2D eigenvalue weighted by atomic mass is 10.2. The van der Waals surface area contributed by atoms with E-state index in [1.165, 1.54) is 0 Å². The van der Waals surface area contributed by atoms with Crippen molar-refractivity contribution in [2.45, 2.75) is 12.6 Å². The van der Waals surface area contributed by atoms with Gasteiger partial charge in [-0.15, -0.1) is 0 Å². The zero-order valence-corrected chi connectivity index (χ0v) is 10.5. The fourth-order valence-electron chi connectivity index (χ4n) is 1.79. The third-order valence-electron chi connectivity index (χ3n) is 2.68. The monoisotopic (exact) mass is 250 g/mol. The molecule has 0 saturated heterocycles. The highest BCUT2D eigenvalue weighted by atomic mass is 16.5. The summed E-state index contributed by atoms with van der Waals surface area (Å²) in [6.45, 7) is 1.75. The number of hydrogen-bond acceptors (Lipinski definition) is 4. The largest absolute Gasteiger partial charge is 0.389 e. The molecule has 5 heteroatoms. The zero-order chi connectivity index (χ0) is 12.8. The Morgan fingerprint density at radius 3 is 3.00 bits per heavy atom. The van der Waals surface area contributed by atoms with Crippen LogP contribution in [0, 0.1) is 0 Å². The minimum atomic E-state index is -0.565. The summed E-state index contributed by atoms with van der Waals surface area (Å²) in [5.41, 5.74) is 1.02. The number of hydrogen-bond donors (Lipinski definition) is 1. The van der Waals surface area contributed by atoms with Gasteiger partial charge in [0.2, 0.25) is 0 Å². The van der Waals surface area contributed by atoms with Gasteiger partial charge in [0.05, 0.1) is 44.2 Å². The van der Waals surface area contributed by atoms with E-state index in [2.05, 4.69) is 5.10 Å². The fraction of sp³-hybridized carbons (Fsp3) is 0.462. The lowest BCUT2D eigenvalue weighted by molar-refractivity contribution is 0.00644. The van der Waals surface area contributed by atoms with Gasteiger partial charge in [-0.25, -0.2) is 0 Å². The molecule has 18 heavy (non-hydrogen) atoms. The average Bonchev–Trinajstić information content (AvgIpc) is 2.78. The molecule has 0 radical (unpaired) electrons. The number of methoxy groups -OCH3 is 1. The van der Waals surface area contributed by atoms with Crippen LogP contribution in [0.25, 0.3) is 10.9 Å². The number of para-hydroxylation sites is 1. The van der Waals surface area contributed by atoms with Gasteiger partial charge in [-0.3, -0.25) is 4.68 Å². The molecule has 0 saturated carbocycles.